The van der Waals surface area contributed by atoms with Gasteiger partial charge < -0.3 is 10.6 Å². The standard InChI is InChI=1S/C29H36ClF4N9O/c1-16-4-3-5-22(19-10-17(8-9-35-19)28-21(36-12-16)13-38-41(28)2)42-15-37-20(11-25(42)44)26-23(7-6-18(30)27(26)31)43-14-24(39-40-43)29(32,33)34/h6-7,11,14-17,19,21-22,28,35-36,38H,3-5,8-10,12-13H2,1-2H3/t16-,17?,19?,21?,22+,28?/m1/s1. The Morgan fingerprint density at radius 2 is 1.91 bits per heavy atom. The molecule has 3 N–H and O–H groups in total. The Kier molecular flexibility index (Phi) is 8.81. The van der Waals surface area contributed by atoms with Gasteiger partial charge >= 0.3 is 6.18 Å². The third kappa shape index (κ3) is 6.14. The number of nitrogens with zero attached hydrogens (tertiary/aromatic N) is 6. The number of hydrogen-bond acceptors (Lipinski definition) is 8. The molecule has 0 saturated carbocycles. The van der Waals surface area contributed by atoms with E-state index < -0.39 is 17.7 Å². The molecular weight excluding hydrogens is 602 g/mol. The highest BCUT2D eigenvalue weighted by Gasteiger charge is 2.42. The average Bonchev–Trinajstić information content (AvgIpc) is 3.63. The summed E-state index contributed by atoms with van der Waals surface area (Å²) in [4.78, 5) is 18.2. The molecule has 2 bridgehead atoms. The molecule has 0 amide bonds. The molecule has 6 rings (SSSR count). The molecule has 0 spiro atoms. The van der Waals surface area contributed by atoms with Crippen LogP contribution in [0, 0.1) is 17.7 Å². The number of alkyl halides is 3. The largest absolute Gasteiger partial charge is 0.436 e. The molecule has 1 aromatic carbocycles. The molecule has 238 valence electrons. The number of hydrogen-bond donors (Lipinski definition) is 3. The van der Waals surface area contributed by atoms with Crippen molar-refractivity contribution in [1.29, 1.82) is 0 Å². The normalized spacial score (nSPS) is 28.7. The highest BCUT2D eigenvalue weighted by Crippen LogP contribution is 2.36. The fourth-order valence-electron chi connectivity index (χ4n) is 7.11. The van der Waals surface area contributed by atoms with Crippen LogP contribution in [0.5, 0.6) is 0 Å². The zero-order chi connectivity index (χ0) is 31.2. The highest BCUT2D eigenvalue weighted by atomic mass is 35.5. The average molecular weight is 638 g/mol. The maximum atomic E-state index is 15.5. The molecule has 2 aromatic heterocycles. The molecule has 10 nitrogen and oxygen atoms in total. The van der Waals surface area contributed by atoms with Crippen molar-refractivity contribution < 1.29 is 17.6 Å². The fraction of sp³-hybridized carbons (Fsp3) is 0.586. The highest BCUT2D eigenvalue weighted by molar-refractivity contribution is 6.31. The number of halogens is 5. The number of likely N-dealkylation sites (N-methyl/N-ethyl adjacent to an activating group) is 1. The summed E-state index contributed by atoms with van der Waals surface area (Å²) >= 11 is 6.07. The van der Waals surface area contributed by atoms with Gasteiger partial charge in [-0.2, -0.15) is 13.2 Å². The van der Waals surface area contributed by atoms with Crippen LogP contribution in [0.25, 0.3) is 16.9 Å². The molecule has 4 unspecified atom stereocenters. The lowest BCUT2D eigenvalue weighted by Gasteiger charge is -2.42. The quantitative estimate of drug-likeness (QED) is 0.373. The summed E-state index contributed by atoms with van der Waals surface area (Å²) < 4.78 is 57.5. The van der Waals surface area contributed by atoms with Crippen LogP contribution in [0.15, 0.2) is 35.5 Å². The monoisotopic (exact) mass is 637 g/mol. The van der Waals surface area contributed by atoms with E-state index in [-0.39, 0.29) is 39.6 Å². The van der Waals surface area contributed by atoms with Crippen molar-refractivity contribution in [3.8, 4) is 16.9 Å². The Morgan fingerprint density at radius 1 is 1.09 bits per heavy atom. The van der Waals surface area contributed by atoms with Crippen LogP contribution >= 0.6 is 11.6 Å². The summed E-state index contributed by atoms with van der Waals surface area (Å²) in [6, 6.07) is 4.25. The minimum Gasteiger partial charge on any atom is -0.312 e. The van der Waals surface area contributed by atoms with Crippen molar-refractivity contribution in [2.45, 2.75) is 69.4 Å². The first kappa shape index (κ1) is 31.1. The number of aromatic nitrogens is 5. The van der Waals surface area contributed by atoms with Crippen LogP contribution in [0.1, 0.15) is 50.8 Å². The van der Waals surface area contributed by atoms with Crippen LogP contribution < -0.4 is 21.6 Å². The first-order valence-corrected chi connectivity index (χ1v) is 15.4. The van der Waals surface area contributed by atoms with Crippen molar-refractivity contribution in [1.82, 2.24) is 45.6 Å². The van der Waals surface area contributed by atoms with Crippen molar-refractivity contribution in [3.05, 3.63) is 57.6 Å². The van der Waals surface area contributed by atoms with E-state index in [9.17, 15) is 18.0 Å². The Bertz CT molecular complexity index is 1550. The molecule has 44 heavy (non-hydrogen) atoms. The van der Waals surface area contributed by atoms with Gasteiger partial charge in [0.05, 0.1) is 40.5 Å². The van der Waals surface area contributed by atoms with E-state index in [4.69, 9.17) is 11.6 Å². The minimum absolute atomic E-state index is 0.0258. The van der Waals surface area contributed by atoms with E-state index in [2.05, 4.69) is 50.3 Å². The van der Waals surface area contributed by atoms with E-state index in [1.165, 1.54) is 24.5 Å². The van der Waals surface area contributed by atoms with Gasteiger partial charge in [0.15, 0.2) is 11.5 Å². The second kappa shape index (κ2) is 12.5. The first-order chi connectivity index (χ1) is 21.0. The molecule has 6 atom stereocenters. The minimum atomic E-state index is -4.74. The SMILES string of the molecule is C[C@@H]1CCC[C@H](n2cnc(-c3c(-n4cc(C(F)(F)F)nn4)ccc(Cl)c3F)cc2=O)C2CC(CCN2)C2C(CNN2C)NC1. The molecular formula is C29H36ClF4N9O. The van der Waals surface area contributed by atoms with Crippen LogP contribution in [-0.4, -0.2) is 74.4 Å². The van der Waals surface area contributed by atoms with Gasteiger partial charge in [0.1, 0.15) is 0 Å². The number of rotatable bonds is 3. The van der Waals surface area contributed by atoms with E-state index >= 15 is 4.39 Å². The van der Waals surface area contributed by atoms with Crippen LogP contribution in [0.2, 0.25) is 5.02 Å². The predicted octanol–water partition coefficient (Wildman–Crippen LogP) is 3.81. The second-order valence-electron chi connectivity index (χ2n) is 12.2. The molecule has 3 fully saturated rings. The Hall–Kier alpha value is -2.91. The topological polar surface area (TPSA) is 105 Å². The summed E-state index contributed by atoms with van der Waals surface area (Å²) in [6.45, 7) is 4.87. The molecule has 5 heterocycles. The lowest BCUT2D eigenvalue weighted by Crippen LogP contribution is -2.54. The van der Waals surface area contributed by atoms with E-state index in [0.29, 0.717) is 30.1 Å². The molecule has 3 aromatic rings. The van der Waals surface area contributed by atoms with Gasteiger partial charge in [-0.1, -0.05) is 30.2 Å². The number of piperidine rings is 1. The van der Waals surface area contributed by atoms with Gasteiger partial charge in [-0.15, -0.1) is 5.10 Å². The van der Waals surface area contributed by atoms with E-state index in [1.54, 1.807) is 4.57 Å². The summed E-state index contributed by atoms with van der Waals surface area (Å²) in [7, 11) is 2.09. The van der Waals surface area contributed by atoms with Crippen LogP contribution in [0.4, 0.5) is 17.6 Å². The molecule has 0 aliphatic carbocycles. The van der Waals surface area contributed by atoms with Crippen molar-refractivity contribution in [3.63, 3.8) is 0 Å². The van der Waals surface area contributed by atoms with Gasteiger partial charge in [0.25, 0.3) is 5.56 Å². The van der Waals surface area contributed by atoms with Gasteiger partial charge in [-0.3, -0.25) is 14.8 Å². The number of fused-ring (bicyclic) bond motifs is 4. The zero-order valence-corrected chi connectivity index (χ0v) is 25.2. The summed E-state index contributed by atoms with van der Waals surface area (Å²) in [6.07, 6.45) is 1.91. The third-order valence-electron chi connectivity index (χ3n) is 9.32. The number of hydrazine groups is 1. The van der Waals surface area contributed by atoms with E-state index in [1.807, 2.05) is 0 Å². The van der Waals surface area contributed by atoms with Crippen molar-refractivity contribution in [2.24, 2.45) is 11.8 Å². The van der Waals surface area contributed by atoms with Crippen molar-refractivity contribution >= 4 is 11.6 Å². The number of benzene rings is 1. The Labute approximate surface area is 257 Å². The summed E-state index contributed by atoms with van der Waals surface area (Å²) in [5, 5.41) is 16.1. The van der Waals surface area contributed by atoms with Gasteiger partial charge in [0, 0.05) is 37.8 Å². The summed E-state index contributed by atoms with van der Waals surface area (Å²) in [5.74, 6) is -0.0519. The first-order valence-electron chi connectivity index (χ1n) is 15.0. The van der Waals surface area contributed by atoms with Crippen LogP contribution in [-0.2, 0) is 6.18 Å². The Morgan fingerprint density at radius 3 is 2.66 bits per heavy atom. The molecule has 3 saturated heterocycles. The van der Waals surface area contributed by atoms with Crippen LogP contribution in [0.3, 0.4) is 0 Å². The molecule has 15 heteroatoms. The smallest absolute Gasteiger partial charge is 0.312 e. The maximum absolute atomic E-state index is 15.5. The van der Waals surface area contributed by atoms with Gasteiger partial charge in [-0.25, -0.2) is 19.1 Å². The second-order valence-corrected chi connectivity index (χ2v) is 12.7. The number of nitrogens with one attached hydrogen (secondary N) is 3. The fourth-order valence-corrected chi connectivity index (χ4v) is 7.26. The summed E-state index contributed by atoms with van der Waals surface area (Å²) in [5.41, 5.74) is 1.50. The van der Waals surface area contributed by atoms with Gasteiger partial charge in [-0.05, 0) is 62.7 Å². The van der Waals surface area contributed by atoms with Crippen molar-refractivity contribution in [2.75, 3.05) is 26.7 Å². The third-order valence-corrected chi connectivity index (χ3v) is 9.62. The van der Waals surface area contributed by atoms with E-state index in [0.717, 1.165) is 56.4 Å². The molecule has 0 radical (unpaired) electrons. The predicted molar refractivity (Wildman–Crippen MR) is 157 cm³/mol. The lowest BCUT2D eigenvalue weighted by molar-refractivity contribution is -0.141. The maximum Gasteiger partial charge on any atom is 0.436 e. The molecule has 3 aliphatic heterocycles. The van der Waals surface area contributed by atoms with Gasteiger partial charge in [0.2, 0.25) is 0 Å². The zero-order valence-electron chi connectivity index (χ0n) is 24.5. The molecule has 3 aliphatic rings. The Balaban J connectivity index is 1.35. The lowest BCUT2D eigenvalue weighted by atomic mass is 9.80.